The zero-order chi connectivity index (χ0) is 11.5. The largest absolute Gasteiger partial charge is 0.464 e. The molecule has 1 unspecified atom stereocenters. The summed E-state index contributed by atoms with van der Waals surface area (Å²) in [4.78, 5) is 12.1. The highest BCUT2D eigenvalue weighted by Crippen LogP contribution is 2.11. The molecule has 3 nitrogen and oxygen atoms in total. The average molecular weight is 217 g/mol. The lowest BCUT2D eigenvalue weighted by atomic mass is 10.0. The van der Waals surface area contributed by atoms with E-state index in [-0.39, 0.29) is 11.5 Å². The summed E-state index contributed by atoms with van der Waals surface area (Å²) in [6.45, 7) is 2.01. The average Bonchev–Trinajstić information content (AvgIpc) is 2.33. The zero-order valence-corrected chi connectivity index (χ0v) is 9.27. The van der Waals surface area contributed by atoms with Crippen LogP contribution in [0.2, 0.25) is 0 Å². The molecule has 3 heteroatoms. The van der Waals surface area contributed by atoms with Crippen molar-refractivity contribution in [3.8, 4) is 0 Å². The first-order valence-electron chi connectivity index (χ1n) is 5.47. The topological polar surface area (TPSA) is 56.2 Å². The smallest absolute Gasteiger partial charge is 0.195 e. The molecule has 0 aliphatic heterocycles. The highest BCUT2D eigenvalue weighted by molar-refractivity contribution is 5.76. The molecule has 0 amide bonds. The molecule has 0 aliphatic carbocycles. The van der Waals surface area contributed by atoms with Gasteiger partial charge in [0.2, 0.25) is 0 Å². The van der Waals surface area contributed by atoms with Crippen molar-refractivity contribution in [1.82, 2.24) is 0 Å². The summed E-state index contributed by atoms with van der Waals surface area (Å²) in [7, 11) is 0. The van der Waals surface area contributed by atoms with Gasteiger partial charge in [-0.25, -0.2) is 0 Å². The van der Waals surface area contributed by atoms with Crippen molar-refractivity contribution >= 4 is 11.0 Å². The first-order chi connectivity index (χ1) is 7.72. The van der Waals surface area contributed by atoms with Crippen LogP contribution in [0.1, 0.15) is 18.9 Å². The van der Waals surface area contributed by atoms with Crippen molar-refractivity contribution in [1.29, 1.82) is 0 Å². The second-order valence-corrected chi connectivity index (χ2v) is 3.96. The van der Waals surface area contributed by atoms with Crippen LogP contribution in [-0.2, 0) is 6.42 Å². The third kappa shape index (κ3) is 1.99. The standard InChI is InChI=1S/C13H15NO2/c1-2-10(14)7-9-8-16-12-6-4-3-5-11(12)13(9)15/h3-6,8,10H,2,7,14H2,1H3. The molecule has 0 radical (unpaired) electrons. The Labute approximate surface area is 93.9 Å². The number of hydrogen-bond acceptors (Lipinski definition) is 3. The molecule has 1 heterocycles. The quantitative estimate of drug-likeness (QED) is 0.856. The van der Waals surface area contributed by atoms with E-state index in [9.17, 15) is 4.79 Å². The van der Waals surface area contributed by atoms with Gasteiger partial charge in [0.25, 0.3) is 0 Å². The number of hydrogen-bond donors (Lipinski definition) is 1. The van der Waals surface area contributed by atoms with Gasteiger partial charge in [-0.2, -0.15) is 0 Å². The Kier molecular flexibility index (Phi) is 3.06. The van der Waals surface area contributed by atoms with Crippen molar-refractivity contribution in [2.75, 3.05) is 0 Å². The Balaban J connectivity index is 2.49. The van der Waals surface area contributed by atoms with Gasteiger partial charge in [-0.1, -0.05) is 19.1 Å². The molecule has 0 saturated heterocycles. The maximum atomic E-state index is 12.1. The summed E-state index contributed by atoms with van der Waals surface area (Å²) in [5, 5.41) is 0.628. The molecule has 0 saturated carbocycles. The second kappa shape index (κ2) is 4.49. The third-order valence-electron chi connectivity index (χ3n) is 2.76. The van der Waals surface area contributed by atoms with Crippen LogP contribution in [0, 0.1) is 0 Å². The Morgan fingerprint density at radius 1 is 1.38 bits per heavy atom. The highest BCUT2D eigenvalue weighted by atomic mass is 16.3. The van der Waals surface area contributed by atoms with Gasteiger partial charge in [-0.3, -0.25) is 4.79 Å². The fraction of sp³-hybridized carbons (Fsp3) is 0.308. The predicted octanol–water partition coefficient (Wildman–Crippen LogP) is 2.07. The lowest BCUT2D eigenvalue weighted by Crippen LogP contribution is -2.24. The second-order valence-electron chi connectivity index (χ2n) is 3.96. The van der Waals surface area contributed by atoms with Crippen LogP contribution in [0.4, 0.5) is 0 Å². The molecule has 0 aliphatic rings. The predicted molar refractivity (Wildman–Crippen MR) is 64.5 cm³/mol. The number of para-hydroxylation sites is 1. The molecule has 0 fully saturated rings. The Bertz CT molecular complexity index is 545. The minimum absolute atomic E-state index is 0.0177. The number of benzene rings is 1. The number of fused-ring (bicyclic) bond motifs is 1. The molecular weight excluding hydrogens is 202 g/mol. The fourth-order valence-corrected chi connectivity index (χ4v) is 1.69. The molecule has 0 bridgehead atoms. The summed E-state index contributed by atoms with van der Waals surface area (Å²) in [6, 6.07) is 7.28. The highest BCUT2D eigenvalue weighted by Gasteiger charge is 2.09. The number of nitrogens with two attached hydrogens (primary N) is 1. The normalized spacial score (nSPS) is 12.9. The van der Waals surface area contributed by atoms with E-state index in [1.54, 1.807) is 12.1 Å². The molecule has 1 aromatic heterocycles. The van der Waals surface area contributed by atoms with Crippen molar-refractivity contribution in [3.05, 3.63) is 46.3 Å². The minimum Gasteiger partial charge on any atom is -0.464 e. The van der Waals surface area contributed by atoms with Crippen LogP contribution in [0.3, 0.4) is 0 Å². The van der Waals surface area contributed by atoms with Gasteiger partial charge in [0.15, 0.2) is 5.43 Å². The monoisotopic (exact) mass is 217 g/mol. The van der Waals surface area contributed by atoms with E-state index in [1.165, 1.54) is 6.26 Å². The van der Waals surface area contributed by atoms with Crippen LogP contribution in [0.15, 0.2) is 39.7 Å². The van der Waals surface area contributed by atoms with Gasteiger partial charge in [0.05, 0.1) is 11.6 Å². The van der Waals surface area contributed by atoms with Crippen molar-refractivity contribution in [2.24, 2.45) is 5.73 Å². The lowest BCUT2D eigenvalue weighted by Gasteiger charge is -2.07. The summed E-state index contributed by atoms with van der Waals surface area (Å²) < 4.78 is 5.41. The molecule has 1 atom stereocenters. The van der Waals surface area contributed by atoms with Gasteiger partial charge >= 0.3 is 0 Å². The minimum atomic E-state index is 0.0177. The van der Waals surface area contributed by atoms with Gasteiger partial charge in [0, 0.05) is 11.6 Å². The summed E-state index contributed by atoms with van der Waals surface area (Å²) >= 11 is 0. The van der Waals surface area contributed by atoms with Gasteiger partial charge < -0.3 is 10.2 Å². The van der Waals surface area contributed by atoms with E-state index in [4.69, 9.17) is 10.2 Å². The zero-order valence-electron chi connectivity index (χ0n) is 9.27. The SMILES string of the molecule is CCC(N)Cc1coc2ccccc2c1=O. The van der Waals surface area contributed by atoms with E-state index in [1.807, 2.05) is 19.1 Å². The van der Waals surface area contributed by atoms with Crippen LogP contribution in [0.25, 0.3) is 11.0 Å². The molecule has 2 rings (SSSR count). The van der Waals surface area contributed by atoms with Crippen molar-refractivity contribution in [2.45, 2.75) is 25.8 Å². The van der Waals surface area contributed by atoms with E-state index in [2.05, 4.69) is 0 Å². The lowest BCUT2D eigenvalue weighted by molar-refractivity contribution is 0.574. The van der Waals surface area contributed by atoms with Gasteiger partial charge in [0.1, 0.15) is 5.58 Å². The van der Waals surface area contributed by atoms with Crippen LogP contribution in [-0.4, -0.2) is 6.04 Å². The molecule has 16 heavy (non-hydrogen) atoms. The molecule has 1 aromatic carbocycles. The first kappa shape index (κ1) is 10.9. The van der Waals surface area contributed by atoms with E-state index < -0.39 is 0 Å². The summed E-state index contributed by atoms with van der Waals surface area (Å²) in [6.07, 6.45) is 2.95. The summed E-state index contributed by atoms with van der Waals surface area (Å²) in [5.41, 5.74) is 7.16. The molecule has 2 N–H and O–H groups in total. The van der Waals surface area contributed by atoms with E-state index in [0.29, 0.717) is 23.0 Å². The van der Waals surface area contributed by atoms with E-state index >= 15 is 0 Å². The Morgan fingerprint density at radius 3 is 2.88 bits per heavy atom. The summed E-state index contributed by atoms with van der Waals surface area (Å²) in [5.74, 6) is 0. The van der Waals surface area contributed by atoms with Gasteiger partial charge in [-0.15, -0.1) is 0 Å². The van der Waals surface area contributed by atoms with Crippen molar-refractivity contribution < 1.29 is 4.42 Å². The Morgan fingerprint density at radius 2 is 2.12 bits per heavy atom. The fourth-order valence-electron chi connectivity index (χ4n) is 1.69. The molecule has 84 valence electrons. The Hall–Kier alpha value is -1.61. The van der Waals surface area contributed by atoms with Crippen LogP contribution in [0.5, 0.6) is 0 Å². The maximum Gasteiger partial charge on any atom is 0.195 e. The number of rotatable bonds is 3. The third-order valence-corrected chi connectivity index (χ3v) is 2.76. The maximum absolute atomic E-state index is 12.1. The van der Waals surface area contributed by atoms with Gasteiger partial charge in [-0.05, 0) is 25.0 Å². The van der Waals surface area contributed by atoms with Crippen LogP contribution >= 0.6 is 0 Å². The van der Waals surface area contributed by atoms with E-state index in [0.717, 1.165) is 6.42 Å². The molecule has 0 spiro atoms. The van der Waals surface area contributed by atoms with Crippen LogP contribution < -0.4 is 11.2 Å². The van der Waals surface area contributed by atoms with Crippen molar-refractivity contribution in [3.63, 3.8) is 0 Å². The first-order valence-corrected chi connectivity index (χ1v) is 5.47. The molecule has 2 aromatic rings. The molecular formula is C13H15NO2.